The molecule has 1 heterocycles. The van der Waals surface area contributed by atoms with Crippen LogP contribution in [0.3, 0.4) is 0 Å². The molecule has 0 aliphatic rings. The average molecular weight is 276 g/mol. The predicted octanol–water partition coefficient (Wildman–Crippen LogP) is 3.64. The van der Waals surface area contributed by atoms with E-state index in [4.69, 9.17) is 0 Å². The molecular weight excluding hydrogens is 258 g/mol. The van der Waals surface area contributed by atoms with Crippen LogP contribution < -0.4 is 5.32 Å². The number of nitrogens with one attached hydrogen (secondary N) is 1. The molecule has 0 saturated heterocycles. The summed E-state index contributed by atoms with van der Waals surface area (Å²) in [6, 6.07) is 7.36. The zero-order valence-electron chi connectivity index (χ0n) is 11.4. The first-order valence-electron chi connectivity index (χ1n) is 6.77. The minimum Gasteiger partial charge on any atom is -0.310 e. The molecule has 4 heteroatoms. The predicted molar refractivity (Wildman–Crippen MR) is 75.3 cm³/mol. The van der Waals surface area contributed by atoms with Crippen LogP contribution in [0.15, 0.2) is 42.7 Å². The summed E-state index contributed by atoms with van der Waals surface area (Å²) in [5.41, 5.74) is 1.66. The Hall–Kier alpha value is -1.81. The van der Waals surface area contributed by atoms with Crippen molar-refractivity contribution in [2.45, 2.75) is 25.8 Å². The highest BCUT2D eigenvalue weighted by Gasteiger charge is 2.14. The van der Waals surface area contributed by atoms with Crippen molar-refractivity contribution in [3.8, 4) is 0 Å². The molecule has 2 nitrogen and oxygen atoms in total. The fraction of sp³-hybridized carbons (Fsp3) is 0.312. The molecule has 0 fully saturated rings. The number of hydrogen-bond donors (Lipinski definition) is 1. The highest BCUT2D eigenvalue weighted by Crippen LogP contribution is 2.20. The summed E-state index contributed by atoms with van der Waals surface area (Å²) in [5.74, 6) is -1.09. The van der Waals surface area contributed by atoms with Gasteiger partial charge in [0.15, 0.2) is 0 Å². The van der Waals surface area contributed by atoms with Gasteiger partial charge in [0.25, 0.3) is 0 Å². The molecule has 2 rings (SSSR count). The fourth-order valence-corrected chi connectivity index (χ4v) is 2.16. The topological polar surface area (TPSA) is 24.9 Å². The molecule has 1 aromatic heterocycles. The minimum absolute atomic E-state index is 0.121. The van der Waals surface area contributed by atoms with Crippen molar-refractivity contribution < 1.29 is 8.78 Å². The number of hydrogen-bond acceptors (Lipinski definition) is 2. The SMILES string of the molecule is CCCNC(Cc1cccnc1)c1cc(F)cc(F)c1. The Morgan fingerprint density at radius 2 is 1.95 bits per heavy atom. The lowest BCUT2D eigenvalue weighted by molar-refractivity contribution is 0.514. The molecule has 0 radical (unpaired) electrons. The molecule has 0 bridgehead atoms. The van der Waals surface area contributed by atoms with Gasteiger partial charge >= 0.3 is 0 Å². The molecular formula is C16H18F2N2. The van der Waals surface area contributed by atoms with Crippen LogP contribution >= 0.6 is 0 Å². The van der Waals surface area contributed by atoms with Crippen molar-refractivity contribution >= 4 is 0 Å². The van der Waals surface area contributed by atoms with Crippen molar-refractivity contribution in [2.75, 3.05) is 6.54 Å². The number of benzene rings is 1. The first-order valence-corrected chi connectivity index (χ1v) is 6.77. The van der Waals surface area contributed by atoms with Gasteiger partial charge in [-0.2, -0.15) is 0 Å². The minimum atomic E-state index is -0.547. The summed E-state index contributed by atoms with van der Waals surface area (Å²) >= 11 is 0. The Morgan fingerprint density at radius 1 is 1.20 bits per heavy atom. The molecule has 0 amide bonds. The van der Waals surface area contributed by atoms with Gasteiger partial charge in [-0.05, 0) is 48.7 Å². The van der Waals surface area contributed by atoms with Crippen LogP contribution in [0.5, 0.6) is 0 Å². The third-order valence-electron chi connectivity index (χ3n) is 3.09. The van der Waals surface area contributed by atoms with E-state index in [0.717, 1.165) is 24.6 Å². The maximum absolute atomic E-state index is 13.4. The summed E-state index contributed by atoms with van der Waals surface area (Å²) in [6.45, 7) is 2.85. The Labute approximate surface area is 117 Å². The van der Waals surface area contributed by atoms with Gasteiger partial charge in [-0.1, -0.05) is 13.0 Å². The maximum Gasteiger partial charge on any atom is 0.126 e. The molecule has 1 N–H and O–H groups in total. The van der Waals surface area contributed by atoms with Gasteiger partial charge in [-0.3, -0.25) is 4.98 Å². The summed E-state index contributed by atoms with van der Waals surface area (Å²) in [7, 11) is 0. The average Bonchev–Trinajstić information content (AvgIpc) is 2.43. The van der Waals surface area contributed by atoms with Gasteiger partial charge in [0.1, 0.15) is 11.6 Å². The second kappa shape index (κ2) is 7.10. The Kier molecular flexibility index (Phi) is 5.18. The van der Waals surface area contributed by atoms with E-state index in [0.29, 0.717) is 12.0 Å². The molecule has 0 aliphatic heterocycles. The van der Waals surface area contributed by atoms with Gasteiger partial charge in [0, 0.05) is 24.5 Å². The number of pyridine rings is 1. The van der Waals surface area contributed by atoms with Gasteiger partial charge in [-0.15, -0.1) is 0 Å². The number of nitrogens with zero attached hydrogens (tertiary/aromatic N) is 1. The van der Waals surface area contributed by atoms with Gasteiger partial charge in [0.2, 0.25) is 0 Å². The van der Waals surface area contributed by atoms with Gasteiger partial charge < -0.3 is 5.32 Å². The lowest BCUT2D eigenvalue weighted by Gasteiger charge is -2.19. The first kappa shape index (κ1) is 14.6. The van der Waals surface area contributed by atoms with Crippen molar-refractivity contribution in [1.29, 1.82) is 0 Å². The Balaban J connectivity index is 2.22. The van der Waals surface area contributed by atoms with Crippen LogP contribution in [-0.2, 0) is 6.42 Å². The lowest BCUT2D eigenvalue weighted by Crippen LogP contribution is -2.24. The second-order valence-corrected chi connectivity index (χ2v) is 4.77. The fourth-order valence-electron chi connectivity index (χ4n) is 2.16. The van der Waals surface area contributed by atoms with Crippen LogP contribution in [0.25, 0.3) is 0 Å². The van der Waals surface area contributed by atoms with Crippen molar-refractivity contribution in [3.05, 3.63) is 65.5 Å². The summed E-state index contributed by atoms with van der Waals surface area (Å²) in [5, 5.41) is 3.33. The van der Waals surface area contributed by atoms with Crippen LogP contribution in [0, 0.1) is 11.6 Å². The molecule has 1 aromatic carbocycles. The third-order valence-corrected chi connectivity index (χ3v) is 3.09. The summed E-state index contributed by atoms with van der Waals surface area (Å²) < 4.78 is 26.7. The van der Waals surface area contributed by atoms with E-state index in [-0.39, 0.29) is 6.04 Å². The second-order valence-electron chi connectivity index (χ2n) is 4.77. The van der Waals surface area contributed by atoms with E-state index in [2.05, 4.69) is 17.2 Å². The van der Waals surface area contributed by atoms with Gasteiger partial charge in [-0.25, -0.2) is 8.78 Å². The quantitative estimate of drug-likeness (QED) is 0.871. The summed E-state index contributed by atoms with van der Waals surface area (Å²) in [6.07, 6.45) is 5.09. The zero-order chi connectivity index (χ0) is 14.4. The van der Waals surface area contributed by atoms with Crippen molar-refractivity contribution in [3.63, 3.8) is 0 Å². The molecule has 1 unspecified atom stereocenters. The molecule has 2 aromatic rings. The number of halogens is 2. The van der Waals surface area contributed by atoms with Crippen LogP contribution in [0.4, 0.5) is 8.78 Å². The van der Waals surface area contributed by atoms with E-state index in [1.807, 2.05) is 12.1 Å². The van der Waals surface area contributed by atoms with Crippen LogP contribution in [-0.4, -0.2) is 11.5 Å². The maximum atomic E-state index is 13.4. The summed E-state index contributed by atoms with van der Waals surface area (Å²) in [4.78, 5) is 4.07. The normalized spacial score (nSPS) is 12.3. The van der Waals surface area contributed by atoms with Crippen molar-refractivity contribution in [2.24, 2.45) is 0 Å². The zero-order valence-corrected chi connectivity index (χ0v) is 11.4. The van der Waals surface area contributed by atoms with Crippen LogP contribution in [0.1, 0.15) is 30.5 Å². The highest BCUT2D eigenvalue weighted by atomic mass is 19.1. The standard InChI is InChI=1S/C16H18F2N2/c1-2-5-20-16(7-12-4-3-6-19-11-12)13-8-14(17)10-15(18)9-13/h3-4,6,8-11,16,20H,2,5,7H2,1H3. The number of rotatable bonds is 6. The monoisotopic (exact) mass is 276 g/mol. The molecule has 1 atom stereocenters. The Bertz CT molecular complexity index is 523. The molecule has 0 aliphatic carbocycles. The highest BCUT2D eigenvalue weighted by molar-refractivity contribution is 5.24. The third kappa shape index (κ3) is 4.10. The molecule has 20 heavy (non-hydrogen) atoms. The molecule has 106 valence electrons. The number of aromatic nitrogens is 1. The Morgan fingerprint density at radius 3 is 2.55 bits per heavy atom. The smallest absolute Gasteiger partial charge is 0.126 e. The van der Waals surface area contributed by atoms with E-state index in [1.165, 1.54) is 12.1 Å². The van der Waals surface area contributed by atoms with Crippen molar-refractivity contribution in [1.82, 2.24) is 10.3 Å². The van der Waals surface area contributed by atoms with E-state index < -0.39 is 11.6 Å². The molecule has 0 spiro atoms. The van der Waals surface area contributed by atoms with Gasteiger partial charge in [0.05, 0.1) is 0 Å². The first-order chi connectivity index (χ1) is 9.69. The van der Waals surface area contributed by atoms with E-state index in [9.17, 15) is 8.78 Å². The largest absolute Gasteiger partial charge is 0.310 e. The van der Waals surface area contributed by atoms with Crippen LogP contribution in [0.2, 0.25) is 0 Å². The van der Waals surface area contributed by atoms with E-state index in [1.54, 1.807) is 12.4 Å². The van der Waals surface area contributed by atoms with E-state index >= 15 is 0 Å². The lowest BCUT2D eigenvalue weighted by atomic mass is 9.99. The molecule has 0 saturated carbocycles.